The Morgan fingerprint density at radius 1 is 1.09 bits per heavy atom. The van der Waals surface area contributed by atoms with Gasteiger partial charge in [0, 0.05) is 24.2 Å². The van der Waals surface area contributed by atoms with Crippen LogP contribution in [0, 0.1) is 18.7 Å². The molecule has 4 amide bonds. The first kappa shape index (κ1) is 25.2. The van der Waals surface area contributed by atoms with E-state index in [0.717, 1.165) is 22.2 Å². The fraction of sp³-hybridized carbons (Fsp3) is 0.280. The highest BCUT2D eigenvalue weighted by Gasteiger charge is 2.35. The van der Waals surface area contributed by atoms with E-state index in [1.54, 1.807) is 18.2 Å². The second kappa shape index (κ2) is 11.1. The standard InChI is InChI=1S/C25H26FN3O4S/c1-15(2)21(28-22(30)17-10-8-16(3)9-11-17)23(31)27-12-13-29-24(32)20(34-25(29)33)14-18-6-4-5-7-19(18)26/h4-11,14-15,21H,12-13H2,1-3H3,(H,27,31)(H,28,30)/b20-14-. The Morgan fingerprint density at radius 2 is 1.76 bits per heavy atom. The predicted octanol–water partition coefficient (Wildman–Crippen LogP) is 3.74. The van der Waals surface area contributed by atoms with Crippen LogP contribution in [0.4, 0.5) is 9.18 Å². The summed E-state index contributed by atoms with van der Waals surface area (Å²) in [6, 6.07) is 12.2. The predicted molar refractivity (Wildman–Crippen MR) is 129 cm³/mol. The summed E-state index contributed by atoms with van der Waals surface area (Å²) in [7, 11) is 0. The molecule has 2 aromatic carbocycles. The Hall–Kier alpha value is -3.46. The summed E-state index contributed by atoms with van der Waals surface area (Å²) in [5, 5.41) is 4.93. The third kappa shape index (κ3) is 6.11. The molecule has 1 unspecified atom stereocenters. The maximum Gasteiger partial charge on any atom is 0.293 e. The minimum atomic E-state index is -0.787. The van der Waals surface area contributed by atoms with Crippen LogP contribution < -0.4 is 10.6 Å². The zero-order chi connectivity index (χ0) is 24.8. The van der Waals surface area contributed by atoms with Gasteiger partial charge in [0.2, 0.25) is 5.91 Å². The van der Waals surface area contributed by atoms with E-state index in [4.69, 9.17) is 0 Å². The van der Waals surface area contributed by atoms with Crippen LogP contribution in [0.5, 0.6) is 0 Å². The molecule has 2 aromatic rings. The molecule has 1 aliphatic heterocycles. The molecule has 0 saturated carbocycles. The minimum absolute atomic E-state index is 0.0213. The molecule has 34 heavy (non-hydrogen) atoms. The normalized spacial score (nSPS) is 15.7. The lowest BCUT2D eigenvalue weighted by molar-refractivity contribution is -0.125. The van der Waals surface area contributed by atoms with E-state index >= 15 is 0 Å². The first-order chi connectivity index (χ1) is 16.2. The number of benzene rings is 2. The van der Waals surface area contributed by atoms with Gasteiger partial charge in [-0.1, -0.05) is 49.7 Å². The summed E-state index contributed by atoms with van der Waals surface area (Å²) < 4.78 is 13.9. The van der Waals surface area contributed by atoms with Crippen molar-refractivity contribution in [2.75, 3.05) is 13.1 Å². The number of carbonyl (C=O) groups is 4. The summed E-state index contributed by atoms with van der Waals surface area (Å²) in [5.74, 6) is -1.99. The molecule has 1 fully saturated rings. The van der Waals surface area contributed by atoms with Gasteiger partial charge in [0.25, 0.3) is 17.1 Å². The average molecular weight is 484 g/mol. The van der Waals surface area contributed by atoms with Gasteiger partial charge in [-0.25, -0.2) is 4.39 Å². The molecule has 2 N–H and O–H groups in total. The van der Waals surface area contributed by atoms with Crippen molar-refractivity contribution < 1.29 is 23.6 Å². The molecule has 1 heterocycles. The third-order valence-corrected chi connectivity index (χ3v) is 6.16. The summed E-state index contributed by atoms with van der Waals surface area (Å²) in [4.78, 5) is 51.2. The maximum atomic E-state index is 13.9. The topological polar surface area (TPSA) is 95.6 Å². The van der Waals surface area contributed by atoms with Crippen LogP contribution in [0.1, 0.15) is 35.3 Å². The quantitative estimate of drug-likeness (QED) is 0.558. The van der Waals surface area contributed by atoms with Gasteiger partial charge in [-0.05, 0) is 48.9 Å². The Labute approximate surface area is 201 Å². The van der Waals surface area contributed by atoms with Crippen LogP contribution in [-0.2, 0) is 9.59 Å². The first-order valence-corrected chi connectivity index (χ1v) is 11.6. The summed E-state index contributed by atoms with van der Waals surface area (Å²) >= 11 is 0.725. The van der Waals surface area contributed by atoms with Crippen LogP contribution in [0.25, 0.3) is 6.08 Å². The van der Waals surface area contributed by atoms with Crippen LogP contribution in [-0.4, -0.2) is 47.0 Å². The van der Waals surface area contributed by atoms with E-state index in [9.17, 15) is 23.6 Å². The average Bonchev–Trinajstić information content (AvgIpc) is 3.06. The number of rotatable bonds is 8. The van der Waals surface area contributed by atoms with Gasteiger partial charge in [-0.3, -0.25) is 24.1 Å². The van der Waals surface area contributed by atoms with Crippen molar-refractivity contribution in [3.63, 3.8) is 0 Å². The molecule has 3 rings (SSSR count). The third-order valence-electron chi connectivity index (χ3n) is 5.25. The lowest BCUT2D eigenvalue weighted by Crippen LogP contribution is -2.51. The molecular weight excluding hydrogens is 457 g/mol. The second-order valence-corrected chi connectivity index (χ2v) is 9.20. The smallest absolute Gasteiger partial charge is 0.293 e. The van der Waals surface area contributed by atoms with Crippen molar-refractivity contribution in [1.82, 2.24) is 15.5 Å². The Kier molecular flexibility index (Phi) is 8.22. The largest absolute Gasteiger partial charge is 0.353 e. The highest BCUT2D eigenvalue weighted by atomic mass is 32.2. The number of aryl methyl sites for hydroxylation is 1. The van der Waals surface area contributed by atoms with Crippen molar-refractivity contribution in [3.05, 3.63) is 75.9 Å². The summed E-state index contributed by atoms with van der Waals surface area (Å²) in [6.07, 6.45) is 1.34. The highest BCUT2D eigenvalue weighted by molar-refractivity contribution is 8.18. The number of imide groups is 1. The minimum Gasteiger partial charge on any atom is -0.353 e. The molecule has 178 valence electrons. The fourth-order valence-electron chi connectivity index (χ4n) is 3.29. The van der Waals surface area contributed by atoms with Crippen molar-refractivity contribution in [3.8, 4) is 0 Å². The van der Waals surface area contributed by atoms with Gasteiger partial charge in [0.15, 0.2) is 0 Å². The lowest BCUT2D eigenvalue weighted by Gasteiger charge is -2.22. The van der Waals surface area contributed by atoms with E-state index in [2.05, 4.69) is 10.6 Å². The van der Waals surface area contributed by atoms with Gasteiger partial charge in [-0.2, -0.15) is 0 Å². The Balaban J connectivity index is 1.57. The molecule has 0 aliphatic carbocycles. The summed E-state index contributed by atoms with van der Waals surface area (Å²) in [6.45, 7) is 5.52. The number of nitrogens with one attached hydrogen (secondary N) is 2. The maximum absolute atomic E-state index is 13.9. The molecular formula is C25H26FN3O4S. The van der Waals surface area contributed by atoms with Crippen LogP contribution in [0.3, 0.4) is 0 Å². The van der Waals surface area contributed by atoms with Crippen molar-refractivity contribution in [2.45, 2.75) is 26.8 Å². The number of thioether (sulfide) groups is 1. The molecule has 7 nitrogen and oxygen atoms in total. The zero-order valence-corrected chi connectivity index (χ0v) is 19.9. The second-order valence-electron chi connectivity index (χ2n) is 8.21. The number of halogens is 1. The molecule has 1 aliphatic rings. The summed E-state index contributed by atoms with van der Waals surface area (Å²) in [5.41, 5.74) is 1.68. The first-order valence-electron chi connectivity index (χ1n) is 10.8. The van der Waals surface area contributed by atoms with E-state index < -0.39 is 28.9 Å². The fourth-order valence-corrected chi connectivity index (χ4v) is 4.15. The molecule has 1 saturated heterocycles. The Bertz CT molecular complexity index is 1130. The highest BCUT2D eigenvalue weighted by Crippen LogP contribution is 2.32. The van der Waals surface area contributed by atoms with Gasteiger partial charge < -0.3 is 10.6 Å². The van der Waals surface area contributed by atoms with Crippen molar-refractivity contribution in [1.29, 1.82) is 0 Å². The molecule has 0 radical (unpaired) electrons. The monoisotopic (exact) mass is 483 g/mol. The van der Waals surface area contributed by atoms with Crippen LogP contribution >= 0.6 is 11.8 Å². The van der Waals surface area contributed by atoms with Gasteiger partial charge in [0.1, 0.15) is 11.9 Å². The van der Waals surface area contributed by atoms with Crippen LogP contribution in [0.15, 0.2) is 53.4 Å². The van der Waals surface area contributed by atoms with Crippen molar-refractivity contribution >= 4 is 40.8 Å². The van der Waals surface area contributed by atoms with E-state index in [-0.39, 0.29) is 35.4 Å². The van der Waals surface area contributed by atoms with E-state index in [1.807, 2.05) is 32.9 Å². The zero-order valence-electron chi connectivity index (χ0n) is 19.1. The van der Waals surface area contributed by atoms with Crippen molar-refractivity contribution in [2.24, 2.45) is 5.92 Å². The Morgan fingerprint density at radius 3 is 2.41 bits per heavy atom. The van der Waals surface area contributed by atoms with E-state index in [0.29, 0.717) is 5.56 Å². The molecule has 9 heteroatoms. The van der Waals surface area contributed by atoms with E-state index in [1.165, 1.54) is 24.3 Å². The number of amides is 4. The SMILES string of the molecule is Cc1ccc(C(=O)NC(C(=O)NCCN2C(=O)S/C(=C\c3ccccc3F)C2=O)C(C)C)cc1. The number of nitrogens with zero attached hydrogens (tertiary/aromatic N) is 1. The molecule has 0 spiro atoms. The van der Waals surface area contributed by atoms with Gasteiger partial charge >= 0.3 is 0 Å². The number of hydrogen-bond acceptors (Lipinski definition) is 5. The van der Waals surface area contributed by atoms with Crippen LogP contribution in [0.2, 0.25) is 0 Å². The number of hydrogen-bond donors (Lipinski definition) is 2. The lowest BCUT2D eigenvalue weighted by atomic mass is 10.0. The molecule has 1 atom stereocenters. The molecule has 0 aromatic heterocycles. The van der Waals surface area contributed by atoms with Gasteiger partial charge in [0.05, 0.1) is 4.91 Å². The number of carbonyl (C=O) groups excluding carboxylic acids is 4. The van der Waals surface area contributed by atoms with Gasteiger partial charge in [-0.15, -0.1) is 0 Å². The molecule has 0 bridgehead atoms.